The number of ether oxygens (including phenoxy) is 1. The van der Waals surface area contributed by atoms with Gasteiger partial charge in [0.15, 0.2) is 6.35 Å². The Kier molecular flexibility index (Phi) is 3.34. The molecule has 0 aromatic carbocycles. The molecule has 8 nitrogen and oxygen atoms in total. The predicted octanol–water partition coefficient (Wildman–Crippen LogP) is 0.420. The van der Waals surface area contributed by atoms with E-state index in [-0.39, 0.29) is 5.60 Å². The van der Waals surface area contributed by atoms with Crippen molar-refractivity contribution >= 4 is 5.82 Å². The van der Waals surface area contributed by atoms with Gasteiger partial charge in [0.2, 0.25) is 0 Å². The molecule has 8 heteroatoms. The first-order valence-electron chi connectivity index (χ1n) is 8.87. The second-order valence-corrected chi connectivity index (χ2v) is 7.35. The van der Waals surface area contributed by atoms with Gasteiger partial charge in [-0.05, 0) is 37.9 Å². The highest BCUT2D eigenvalue weighted by molar-refractivity contribution is 5.59. The summed E-state index contributed by atoms with van der Waals surface area (Å²) >= 11 is 0. The molecule has 25 heavy (non-hydrogen) atoms. The molecule has 0 saturated carbocycles. The summed E-state index contributed by atoms with van der Waals surface area (Å²) in [6.07, 6.45) is 5.29. The Hall–Kier alpha value is -2.03. The van der Waals surface area contributed by atoms with Crippen molar-refractivity contribution in [1.82, 2.24) is 24.6 Å². The summed E-state index contributed by atoms with van der Waals surface area (Å²) in [6, 6.07) is 3.92. The van der Waals surface area contributed by atoms with Crippen molar-refractivity contribution in [2.75, 3.05) is 31.1 Å². The van der Waals surface area contributed by atoms with Crippen LogP contribution in [0.25, 0.3) is 11.4 Å². The van der Waals surface area contributed by atoms with Crippen LogP contribution >= 0.6 is 0 Å². The van der Waals surface area contributed by atoms with Crippen LogP contribution < -0.4 is 10.6 Å². The lowest BCUT2D eigenvalue weighted by molar-refractivity contribution is -0.137. The first-order valence-corrected chi connectivity index (χ1v) is 8.87. The van der Waals surface area contributed by atoms with Gasteiger partial charge in [-0.25, -0.2) is 9.97 Å². The molecule has 2 aromatic rings. The third-order valence-corrected chi connectivity index (χ3v) is 5.95. The zero-order valence-corrected chi connectivity index (χ0v) is 14.4. The SMILES string of the molecule is Cn1nccc1-c1cc(N2CC3(CN4CCC3CC4)OC2N)ncn1. The number of aryl methyl sites for hydroxylation is 1. The van der Waals surface area contributed by atoms with Crippen LogP contribution in [0.5, 0.6) is 0 Å². The largest absolute Gasteiger partial charge is 0.335 e. The van der Waals surface area contributed by atoms with Crippen LogP contribution in [-0.4, -0.2) is 62.8 Å². The molecule has 2 N–H and O–H groups in total. The molecule has 0 amide bonds. The van der Waals surface area contributed by atoms with E-state index in [1.165, 1.54) is 25.9 Å². The molecule has 2 bridgehead atoms. The highest BCUT2D eigenvalue weighted by Gasteiger charge is 2.54. The average molecular weight is 341 g/mol. The molecule has 6 rings (SSSR count). The molecule has 1 spiro atoms. The molecule has 0 radical (unpaired) electrons. The van der Waals surface area contributed by atoms with E-state index in [1.54, 1.807) is 17.2 Å². The van der Waals surface area contributed by atoms with Crippen molar-refractivity contribution in [3.05, 3.63) is 24.7 Å². The Morgan fingerprint density at radius 3 is 2.76 bits per heavy atom. The average Bonchev–Trinajstić information content (AvgIpc) is 3.19. The maximum atomic E-state index is 6.35. The summed E-state index contributed by atoms with van der Waals surface area (Å²) in [4.78, 5) is 13.4. The van der Waals surface area contributed by atoms with Crippen molar-refractivity contribution in [1.29, 1.82) is 0 Å². The number of piperidine rings is 3. The van der Waals surface area contributed by atoms with Crippen LogP contribution in [-0.2, 0) is 11.8 Å². The van der Waals surface area contributed by atoms with E-state index >= 15 is 0 Å². The summed E-state index contributed by atoms with van der Waals surface area (Å²) in [6.45, 7) is 4.13. The number of hydrogen-bond acceptors (Lipinski definition) is 7. The van der Waals surface area contributed by atoms with Gasteiger partial charge in [-0.15, -0.1) is 0 Å². The number of rotatable bonds is 2. The van der Waals surface area contributed by atoms with Gasteiger partial charge in [0, 0.05) is 25.9 Å². The number of anilines is 1. The predicted molar refractivity (Wildman–Crippen MR) is 92.5 cm³/mol. The highest BCUT2D eigenvalue weighted by Crippen LogP contribution is 2.43. The highest BCUT2D eigenvalue weighted by atomic mass is 16.6. The third-order valence-electron chi connectivity index (χ3n) is 5.95. The van der Waals surface area contributed by atoms with Crippen molar-refractivity contribution < 1.29 is 4.74 Å². The van der Waals surface area contributed by atoms with Crippen LogP contribution in [0.1, 0.15) is 12.8 Å². The number of nitrogens with zero attached hydrogens (tertiary/aromatic N) is 6. The summed E-state index contributed by atoms with van der Waals surface area (Å²) in [5, 5.41) is 4.22. The van der Waals surface area contributed by atoms with Gasteiger partial charge in [-0.3, -0.25) is 10.4 Å². The van der Waals surface area contributed by atoms with Crippen LogP contribution in [0.2, 0.25) is 0 Å². The lowest BCUT2D eigenvalue weighted by Gasteiger charge is -2.50. The lowest BCUT2D eigenvalue weighted by Crippen LogP contribution is -2.61. The molecular weight excluding hydrogens is 318 g/mol. The number of fused-ring (bicyclic) bond motifs is 2. The number of nitrogens with two attached hydrogens (primary N) is 1. The topological polar surface area (TPSA) is 85.3 Å². The molecule has 2 atom stereocenters. The van der Waals surface area contributed by atoms with E-state index in [0.29, 0.717) is 5.92 Å². The van der Waals surface area contributed by atoms with E-state index in [4.69, 9.17) is 10.5 Å². The first-order chi connectivity index (χ1) is 12.1. The fourth-order valence-electron chi connectivity index (χ4n) is 4.64. The molecular formula is C17H23N7O. The minimum absolute atomic E-state index is 0.159. The van der Waals surface area contributed by atoms with E-state index < -0.39 is 6.35 Å². The van der Waals surface area contributed by atoms with Crippen molar-refractivity contribution in [3.63, 3.8) is 0 Å². The lowest BCUT2D eigenvalue weighted by atomic mass is 9.75. The van der Waals surface area contributed by atoms with Gasteiger partial charge in [-0.2, -0.15) is 5.10 Å². The first kappa shape index (κ1) is 15.2. The molecule has 2 unspecified atom stereocenters. The molecule has 4 aliphatic rings. The molecule has 6 heterocycles. The van der Waals surface area contributed by atoms with Gasteiger partial charge < -0.3 is 14.5 Å². The molecule has 0 aliphatic carbocycles. The van der Waals surface area contributed by atoms with Gasteiger partial charge >= 0.3 is 0 Å². The normalized spacial score (nSPS) is 34.2. The Morgan fingerprint density at radius 2 is 2.08 bits per heavy atom. The fourth-order valence-corrected chi connectivity index (χ4v) is 4.64. The number of aromatic nitrogens is 4. The second kappa shape index (κ2) is 5.48. The van der Waals surface area contributed by atoms with Gasteiger partial charge in [0.25, 0.3) is 0 Å². The zero-order chi connectivity index (χ0) is 17.0. The summed E-state index contributed by atoms with van der Waals surface area (Å²) < 4.78 is 8.14. The standard InChI is InChI=1S/C17H23N7O/c1-22-14(2-5-21-22)13-8-15(20-11-19-13)24-10-17(25-16(24)18)9-23-6-3-12(17)4-7-23/h2,5,8,11-12,16H,3-4,6-7,9-10,18H2,1H3. The molecule has 4 fully saturated rings. The monoisotopic (exact) mass is 341 g/mol. The van der Waals surface area contributed by atoms with E-state index in [1.807, 2.05) is 19.2 Å². The van der Waals surface area contributed by atoms with Crippen molar-refractivity contribution in [2.24, 2.45) is 18.7 Å². The van der Waals surface area contributed by atoms with Gasteiger partial charge in [0.1, 0.15) is 17.7 Å². The fraction of sp³-hybridized carbons (Fsp3) is 0.588. The maximum Gasteiger partial charge on any atom is 0.186 e. The number of hydrogen-bond donors (Lipinski definition) is 1. The summed E-state index contributed by atoms with van der Waals surface area (Å²) in [5.74, 6) is 1.40. The minimum atomic E-state index is -0.463. The molecule has 2 aromatic heterocycles. The van der Waals surface area contributed by atoms with E-state index in [2.05, 4.69) is 24.9 Å². The molecule has 4 saturated heterocycles. The van der Waals surface area contributed by atoms with Crippen LogP contribution in [0.15, 0.2) is 24.7 Å². The second-order valence-electron chi connectivity index (χ2n) is 7.35. The Balaban J connectivity index is 1.45. The molecule has 132 valence electrons. The van der Waals surface area contributed by atoms with Crippen molar-refractivity contribution in [2.45, 2.75) is 24.8 Å². The smallest absolute Gasteiger partial charge is 0.186 e. The van der Waals surface area contributed by atoms with Gasteiger partial charge in [0.05, 0.1) is 17.9 Å². The minimum Gasteiger partial charge on any atom is -0.335 e. The summed E-state index contributed by atoms with van der Waals surface area (Å²) in [5.41, 5.74) is 7.99. The molecule has 4 aliphatic heterocycles. The Bertz CT molecular complexity index is 785. The Morgan fingerprint density at radius 1 is 1.24 bits per heavy atom. The van der Waals surface area contributed by atoms with E-state index in [0.717, 1.165) is 30.3 Å². The van der Waals surface area contributed by atoms with Gasteiger partial charge in [-0.1, -0.05) is 0 Å². The van der Waals surface area contributed by atoms with Crippen LogP contribution in [0, 0.1) is 5.92 Å². The van der Waals surface area contributed by atoms with E-state index in [9.17, 15) is 0 Å². The third kappa shape index (κ3) is 2.36. The van der Waals surface area contributed by atoms with Crippen LogP contribution in [0.4, 0.5) is 5.82 Å². The maximum absolute atomic E-state index is 6.35. The Labute approximate surface area is 146 Å². The van der Waals surface area contributed by atoms with Crippen molar-refractivity contribution in [3.8, 4) is 11.4 Å². The zero-order valence-electron chi connectivity index (χ0n) is 14.4. The van der Waals surface area contributed by atoms with Crippen LogP contribution in [0.3, 0.4) is 0 Å². The summed E-state index contributed by atoms with van der Waals surface area (Å²) in [7, 11) is 1.91. The quantitative estimate of drug-likeness (QED) is 0.847.